The maximum Gasteiger partial charge on any atom is 0.161 e. The molecule has 0 saturated heterocycles. The fourth-order valence-electron chi connectivity index (χ4n) is 1.43. The molecule has 14 heavy (non-hydrogen) atoms. The molecular weight excluding hydrogens is 180 g/mol. The van der Waals surface area contributed by atoms with E-state index >= 15 is 0 Å². The van der Waals surface area contributed by atoms with Gasteiger partial charge in [0.1, 0.15) is 13.2 Å². The molecule has 1 aliphatic rings. The van der Waals surface area contributed by atoms with Crippen LogP contribution in [0.1, 0.15) is 18.5 Å². The summed E-state index contributed by atoms with van der Waals surface area (Å²) in [5.74, 6) is 6.97. The van der Waals surface area contributed by atoms with Crippen LogP contribution >= 0.6 is 0 Å². The summed E-state index contributed by atoms with van der Waals surface area (Å²) in [6.45, 7) is 3.23. The van der Waals surface area contributed by atoms with Crippen LogP contribution in [0.4, 0.5) is 0 Å². The van der Waals surface area contributed by atoms with Gasteiger partial charge in [0, 0.05) is 6.04 Å². The van der Waals surface area contributed by atoms with Crippen LogP contribution in [0.25, 0.3) is 0 Å². The zero-order valence-electron chi connectivity index (χ0n) is 8.12. The molecule has 0 aromatic heterocycles. The predicted octanol–water partition coefficient (Wildman–Crippen LogP) is 0.982. The van der Waals surface area contributed by atoms with Gasteiger partial charge < -0.3 is 9.47 Å². The number of rotatable bonds is 2. The van der Waals surface area contributed by atoms with Crippen molar-refractivity contribution in [1.29, 1.82) is 0 Å². The Labute approximate surface area is 83.0 Å². The van der Waals surface area contributed by atoms with Gasteiger partial charge in [-0.3, -0.25) is 11.3 Å². The van der Waals surface area contributed by atoms with Gasteiger partial charge in [-0.2, -0.15) is 0 Å². The molecule has 76 valence electrons. The zero-order chi connectivity index (χ0) is 9.97. The maximum absolute atomic E-state index is 5.47. The number of hydrazine groups is 1. The van der Waals surface area contributed by atoms with Crippen LogP contribution in [0.5, 0.6) is 11.5 Å². The molecule has 1 heterocycles. The molecule has 0 saturated carbocycles. The highest BCUT2D eigenvalue weighted by Gasteiger charge is 2.13. The van der Waals surface area contributed by atoms with Crippen LogP contribution in [0, 0.1) is 0 Å². The van der Waals surface area contributed by atoms with Crippen molar-refractivity contribution >= 4 is 0 Å². The summed E-state index contributed by atoms with van der Waals surface area (Å²) in [7, 11) is 0. The van der Waals surface area contributed by atoms with E-state index in [4.69, 9.17) is 15.3 Å². The van der Waals surface area contributed by atoms with E-state index in [-0.39, 0.29) is 6.04 Å². The molecule has 0 amide bonds. The Bertz CT molecular complexity index is 328. The number of hydrogen-bond acceptors (Lipinski definition) is 4. The first-order chi connectivity index (χ1) is 6.81. The van der Waals surface area contributed by atoms with Crippen molar-refractivity contribution in [3.05, 3.63) is 23.8 Å². The summed E-state index contributed by atoms with van der Waals surface area (Å²) in [5, 5.41) is 0. The lowest BCUT2D eigenvalue weighted by Crippen LogP contribution is -2.25. The second-order valence-electron chi connectivity index (χ2n) is 3.29. The van der Waals surface area contributed by atoms with E-state index in [1.54, 1.807) is 0 Å². The second kappa shape index (κ2) is 3.86. The first kappa shape index (κ1) is 9.30. The molecule has 1 atom stereocenters. The molecule has 2 rings (SSSR count). The molecule has 4 nitrogen and oxygen atoms in total. The fraction of sp³-hybridized carbons (Fsp3) is 0.400. The number of ether oxygens (including phenoxy) is 2. The van der Waals surface area contributed by atoms with Crippen LogP contribution in [0.15, 0.2) is 18.2 Å². The number of nitrogens with one attached hydrogen (secondary N) is 1. The van der Waals surface area contributed by atoms with Crippen LogP contribution in [-0.2, 0) is 0 Å². The first-order valence-electron chi connectivity index (χ1n) is 4.67. The molecule has 1 aromatic carbocycles. The Hall–Kier alpha value is -1.26. The van der Waals surface area contributed by atoms with E-state index in [1.807, 2.05) is 25.1 Å². The van der Waals surface area contributed by atoms with Crippen molar-refractivity contribution < 1.29 is 9.47 Å². The van der Waals surface area contributed by atoms with Crippen LogP contribution < -0.4 is 20.7 Å². The second-order valence-corrected chi connectivity index (χ2v) is 3.29. The van der Waals surface area contributed by atoms with Gasteiger partial charge in [-0.25, -0.2) is 0 Å². The smallest absolute Gasteiger partial charge is 0.161 e. The molecule has 0 bridgehead atoms. The minimum atomic E-state index is 0.117. The van der Waals surface area contributed by atoms with Gasteiger partial charge in [0.15, 0.2) is 11.5 Å². The quantitative estimate of drug-likeness (QED) is 0.544. The van der Waals surface area contributed by atoms with Crippen LogP contribution in [-0.4, -0.2) is 13.2 Å². The van der Waals surface area contributed by atoms with E-state index in [2.05, 4.69) is 5.43 Å². The third kappa shape index (κ3) is 1.66. The minimum absolute atomic E-state index is 0.117. The summed E-state index contributed by atoms with van der Waals surface area (Å²) >= 11 is 0. The van der Waals surface area contributed by atoms with Crippen molar-refractivity contribution in [1.82, 2.24) is 5.43 Å². The van der Waals surface area contributed by atoms with Gasteiger partial charge in [-0.1, -0.05) is 6.07 Å². The number of benzene rings is 1. The lowest BCUT2D eigenvalue weighted by molar-refractivity contribution is 0.171. The Morgan fingerprint density at radius 2 is 2.00 bits per heavy atom. The van der Waals surface area contributed by atoms with Gasteiger partial charge in [-0.05, 0) is 24.6 Å². The molecule has 4 heteroatoms. The summed E-state index contributed by atoms with van der Waals surface area (Å²) in [6.07, 6.45) is 0. The summed E-state index contributed by atoms with van der Waals surface area (Å²) < 4.78 is 10.9. The van der Waals surface area contributed by atoms with E-state index in [0.29, 0.717) is 13.2 Å². The first-order valence-corrected chi connectivity index (χ1v) is 4.67. The Kier molecular flexibility index (Phi) is 2.56. The molecule has 0 aliphatic carbocycles. The van der Waals surface area contributed by atoms with Crippen molar-refractivity contribution in [2.75, 3.05) is 13.2 Å². The zero-order valence-corrected chi connectivity index (χ0v) is 8.12. The van der Waals surface area contributed by atoms with E-state index in [0.717, 1.165) is 17.1 Å². The number of fused-ring (bicyclic) bond motifs is 1. The normalized spacial score (nSPS) is 16.4. The molecule has 3 N–H and O–H groups in total. The van der Waals surface area contributed by atoms with Gasteiger partial charge in [0.05, 0.1) is 0 Å². The highest BCUT2D eigenvalue weighted by molar-refractivity contribution is 5.44. The van der Waals surface area contributed by atoms with E-state index in [1.165, 1.54) is 0 Å². The molecule has 0 radical (unpaired) electrons. The van der Waals surface area contributed by atoms with Crippen molar-refractivity contribution in [3.8, 4) is 11.5 Å². The molecule has 1 aromatic rings. The Morgan fingerprint density at radius 3 is 2.71 bits per heavy atom. The van der Waals surface area contributed by atoms with Gasteiger partial charge in [0.25, 0.3) is 0 Å². The minimum Gasteiger partial charge on any atom is -0.486 e. The van der Waals surface area contributed by atoms with Gasteiger partial charge in [-0.15, -0.1) is 0 Å². The monoisotopic (exact) mass is 194 g/mol. The summed E-state index contributed by atoms with van der Waals surface area (Å²) in [4.78, 5) is 0. The summed E-state index contributed by atoms with van der Waals surface area (Å²) in [6, 6.07) is 5.97. The average molecular weight is 194 g/mol. The lowest BCUT2D eigenvalue weighted by atomic mass is 10.1. The molecule has 0 fully saturated rings. The highest BCUT2D eigenvalue weighted by Crippen LogP contribution is 2.32. The van der Waals surface area contributed by atoms with Crippen LogP contribution in [0.3, 0.4) is 0 Å². The topological polar surface area (TPSA) is 56.5 Å². The predicted molar refractivity (Wildman–Crippen MR) is 53.2 cm³/mol. The Balaban J connectivity index is 2.29. The van der Waals surface area contributed by atoms with Crippen LogP contribution in [0.2, 0.25) is 0 Å². The van der Waals surface area contributed by atoms with E-state index < -0.39 is 0 Å². The third-order valence-electron chi connectivity index (χ3n) is 2.32. The standard InChI is InChI=1S/C10H14N2O2/c1-7(12-11)8-2-3-9-10(6-8)14-5-4-13-9/h2-3,6-7,12H,4-5,11H2,1H3/t7-/m0/s1. The lowest BCUT2D eigenvalue weighted by Gasteiger charge is -2.20. The fourth-order valence-corrected chi connectivity index (χ4v) is 1.43. The third-order valence-corrected chi connectivity index (χ3v) is 2.32. The molecule has 0 unspecified atom stereocenters. The largest absolute Gasteiger partial charge is 0.486 e. The average Bonchev–Trinajstić information content (AvgIpc) is 2.27. The highest BCUT2D eigenvalue weighted by atomic mass is 16.6. The van der Waals surface area contributed by atoms with Crippen molar-refractivity contribution in [2.24, 2.45) is 5.84 Å². The molecular formula is C10H14N2O2. The van der Waals surface area contributed by atoms with Gasteiger partial charge >= 0.3 is 0 Å². The SMILES string of the molecule is C[C@H](NN)c1ccc2c(c1)OCCO2. The van der Waals surface area contributed by atoms with Crippen molar-refractivity contribution in [3.63, 3.8) is 0 Å². The van der Waals surface area contributed by atoms with Crippen molar-refractivity contribution in [2.45, 2.75) is 13.0 Å². The summed E-state index contributed by atoms with van der Waals surface area (Å²) in [5.41, 5.74) is 3.79. The number of hydrogen-bond donors (Lipinski definition) is 2. The van der Waals surface area contributed by atoms with Gasteiger partial charge in [0.2, 0.25) is 0 Å². The maximum atomic E-state index is 5.47. The Morgan fingerprint density at radius 1 is 1.29 bits per heavy atom. The van der Waals surface area contributed by atoms with E-state index in [9.17, 15) is 0 Å². The number of nitrogens with two attached hydrogens (primary N) is 1. The molecule has 1 aliphatic heterocycles. The molecule has 0 spiro atoms.